The van der Waals surface area contributed by atoms with Gasteiger partial charge in [0.1, 0.15) is 6.04 Å². The Morgan fingerprint density at radius 2 is 2.35 bits per heavy atom. The van der Waals surface area contributed by atoms with Gasteiger partial charge in [0, 0.05) is 12.5 Å². The van der Waals surface area contributed by atoms with E-state index in [0.717, 1.165) is 25.7 Å². The molecular formula is C14H23N3O3. The summed E-state index contributed by atoms with van der Waals surface area (Å²) in [5.41, 5.74) is 0. The average molecular weight is 281 g/mol. The Balaban J connectivity index is 2.00. The zero-order chi connectivity index (χ0) is 14.5. The zero-order valence-corrected chi connectivity index (χ0v) is 12.5. The van der Waals surface area contributed by atoms with E-state index in [4.69, 9.17) is 9.26 Å². The number of likely N-dealkylation sites (tertiary alicyclic amines) is 1. The van der Waals surface area contributed by atoms with Crippen LogP contribution in [0.5, 0.6) is 0 Å². The van der Waals surface area contributed by atoms with Crippen molar-refractivity contribution < 1.29 is 14.1 Å². The van der Waals surface area contributed by atoms with E-state index in [1.807, 2.05) is 13.8 Å². The summed E-state index contributed by atoms with van der Waals surface area (Å²) in [6.07, 6.45) is 3.42. The lowest BCUT2D eigenvalue weighted by Gasteiger charge is -2.21. The van der Waals surface area contributed by atoms with Gasteiger partial charge in [-0.3, -0.25) is 4.90 Å². The highest BCUT2D eigenvalue weighted by Crippen LogP contribution is 2.31. The minimum atomic E-state index is -0.273. The van der Waals surface area contributed by atoms with E-state index in [2.05, 4.69) is 17.1 Å². The molecule has 1 saturated heterocycles. The highest BCUT2D eigenvalue weighted by atomic mass is 16.6. The number of hydrogen-bond donors (Lipinski definition) is 0. The van der Waals surface area contributed by atoms with Gasteiger partial charge in [0.2, 0.25) is 5.89 Å². The van der Waals surface area contributed by atoms with E-state index in [0.29, 0.717) is 24.9 Å². The Kier molecular flexibility index (Phi) is 4.98. The summed E-state index contributed by atoms with van der Waals surface area (Å²) in [4.78, 5) is 18.2. The van der Waals surface area contributed by atoms with E-state index in [9.17, 15) is 4.79 Å². The van der Waals surface area contributed by atoms with E-state index in [1.54, 1.807) is 4.90 Å². The second-order valence-electron chi connectivity index (χ2n) is 5.46. The summed E-state index contributed by atoms with van der Waals surface area (Å²) < 4.78 is 10.6. The number of ether oxygens (including phenoxy) is 1. The Morgan fingerprint density at radius 1 is 1.55 bits per heavy atom. The van der Waals surface area contributed by atoms with Gasteiger partial charge in [-0.15, -0.1) is 0 Å². The predicted molar refractivity (Wildman–Crippen MR) is 73.3 cm³/mol. The SMILES string of the molecule is CCCCOC(=O)N1CCCC1c1nc(C(C)C)no1. The van der Waals surface area contributed by atoms with Crippen molar-refractivity contribution >= 4 is 6.09 Å². The lowest BCUT2D eigenvalue weighted by molar-refractivity contribution is 0.0911. The number of aromatic nitrogens is 2. The van der Waals surface area contributed by atoms with Crippen LogP contribution in [0.25, 0.3) is 0 Å². The largest absolute Gasteiger partial charge is 0.449 e. The van der Waals surface area contributed by atoms with Gasteiger partial charge < -0.3 is 9.26 Å². The molecule has 0 aromatic carbocycles. The number of carbonyl (C=O) groups is 1. The first-order valence-corrected chi connectivity index (χ1v) is 7.40. The van der Waals surface area contributed by atoms with Gasteiger partial charge in [-0.25, -0.2) is 4.79 Å². The molecule has 0 aliphatic carbocycles. The van der Waals surface area contributed by atoms with Crippen molar-refractivity contribution in [3.63, 3.8) is 0 Å². The average Bonchev–Trinajstić information content (AvgIpc) is 3.07. The topological polar surface area (TPSA) is 68.5 Å². The Bertz CT molecular complexity index is 445. The Morgan fingerprint density at radius 3 is 3.00 bits per heavy atom. The minimum absolute atomic E-state index is 0.135. The Labute approximate surface area is 119 Å². The fourth-order valence-corrected chi connectivity index (χ4v) is 2.25. The van der Waals surface area contributed by atoms with E-state index in [-0.39, 0.29) is 18.1 Å². The fraction of sp³-hybridized carbons (Fsp3) is 0.786. The predicted octanol–water partition coefficient (Wildman–Crippen LogP) is 3.27. The van der Waals surface area contributed by atoms with Gasteiger partial charge in [0.15, 0.2) is 5.82 Å². The van der Waals surface area contributed by atoms with Crippen molar-refractivity contribution in [1.82, 2.24) is 15.0 Å². The number of hydrogen-bond acceptors (Lipinski definition) is 5. The molecule has 1 aliphatic heterocycles. The van der Waals surface area contributed by atoms with Crippen LogP contribution in [-0.2, 0) is 4.74 Å². The standard InChI is InChI=1S/C14H23N3O3/c1-4-5-9-19-14(18)17-8-6-7-11(17)13-15-12(10(2)3)16-20-13/h10-11H,4-9H2,1-3H3. The van der Waals surface area contributed by atoms with Crippen LogP contribution >= 0.6 is 0 Å². The van der Waals surface area contributed by atoms with Crippen LogP contribution in [0, 0.1) is 0 Å². The molecule has 1 aliphatic rings. The van der Waals surface area contributed by atoms with Crippen LogP contribution in [0.1, 0.15) is 70.1 Å². The van der Waals surface area contributed by atoms with Gasteiger partial charge in [0.25, 0.3) is 0 Å². The van der Waals surface area contributed by atoms with E-state index >= 15 is 0 Å². The molecule has 20 heavy (non-hydrogen) atoms. The molecule has 2 rings (SSSR count). The van der Waals surface area contributed by atoms with Crippen molar-refractivity contribution in [1.29, 1.82) is 0 Å². The highest BCUT2D eigenvalue weighted by Gasteiger charge is 2.35. The van der Waals surface area contributed by atoms with Crippen molar-refractivity contribution in [2.75, 3.05) is 13.2 Å². The number of nitrogens with zero attached hydrogens (tertiary/aromatic N) is 3. The van der Waals surface area contributed by atoms with Gasteiger partial charge in [0.05, 0.1) is 6.61 Å². The summed E-state index contributed by atoms with van der Waals surface area (Å²) in [7, 11) is 0. The maximum absolute atomic E-state index is 12.1. The normalized spacial score (nSPS) is 18.8. The third-order valence-electron chi connectivity index (χ3n) is 3.47. The molecule has 0 N–H and O–H groups in total. The molecule has 1 fully saturated rings. The Hall–Kier alpha value is -1.59. The first-order valence-electron chi connectivity index (χ1n) is 7.40. The summed E-state index contributed by atoms with van der Waals surface area (Å²) >= 11 is 0. The molecule has 0 spiro atoms. The molecule has 6 heteroatoms. The smallest absolute Gasteiger partial charge is 0.410 e. The molecule has 112 valence electrons. The van der Waals surface area contributed by atoms with E-state index < -0.39 is 0 Å². The number of carbonyl (C=O) groups excluding carboxylic acids is 1. The summed E-state index contributed by atoms with van der Waals surface area (Å²) in [5.74, 6) is 1.43. The van der Waals surface area contributed by atoms with Gasteiger partial charge in [-0.2, -0.15) is 4.98 Å². The molecule has 1 aromatic rings. The third-order valence-corrected chi connectivity index (χ3v) is 3.47. The van der Waals surface area contributed by atoms with Crippen molar-refractivity contribution in [3.8, 4) is 0 Å². The third kappa shape index (κ3) is 3.29. The quantitative estimate of drug-likeness (QED) is 0.775. The van der Waals surface area contributed by atoms with Crippen LogP contribution in [0.4, 0.5) is 4.79 Å². The van der Waals surface area contributed by atoms with E-state index in [1.165, 1.54) is 0 Å². The number of unbranched alkanes of at least 4 members (excludes halogenated alkanes) is 1. The van der Waals surface area contributed by atoms with Crippen molar-refractivity contribution in [2.45, 2.75) is 58.4 Å². The summed E-state index contributed by atoms with van der Waals surface area (Å²) in [5, 5.41) is 3.96. The number of amides is 1. The first kappa shape index (κ1) is 14.8. The second-order valence-corrected chi connectivity index (χ2v) is 5.46. The molecule has 1 unspecified atom stereocenters. The lowest BCUT2D eigenvalue weighted by atomic mass is 10.2. The molecule has 0 radical (unpaired) electrons. The number of rotatable bonds is 5. The van der Waals surface area contributed by atoms with Crippen molar-refractivity contribution in [2.24, 2.45) is 0 Å². The first-order chi connectivity index (χ1) is 9.63. The lowest BCUT2D eigenvalue weighted by Crippen LogP contribution is -2.31. The summed E-state index contributed by atoms with van der Waals surface area (Å²) in [6.45, 7) is 7.26. The van der Waals surface area contributed by atoms with Gasteiger partial charge in [-0.1, -0.05) is 32.3 Å². The van der Waals surface area contributed by atoms with Gasteiger partial charge >= 0.3 is 6.09 Å². The van der Waals surface area contributed by atoms with Gasteiger partial charge in [-0.05, 0) is 19.3 Å². The molecule has 1 atom stereocenters. The van der Waals surface area contributed by atoms with Crippen LogP contribution < -0.4 is 0 Å². The van der Waals surface area contributed by atoms with Crippen LogP contribution in [-0.4, -0.2) is 34.3 Å². The maximum Gasteiger partial charge on any atom is 0.410 e. The molecule has 6 nitrogen and oxygen atoms in total. The molecule has 0 saturated carbocycles. The molecule has 1 amide bonds. The monoisotopic (exact) mass is 281 g/mol. The van der Waals surface area contributed by atoms with Crippen LogP contribution in [0.2, 0.25) is 0 Å². The zero-order valence-electron chi connectivity index (χ0n) is 12.5. The molecule has 0 bridgehead atoms. The molecule has 1 aromatic heterocycles. The van der Waals surface area contributed by atoms with Crippen LogP contribution in [0.3, 0.4) is 0 Å². The summed E-state index contributed by atoms with van der Waals surface area (Å²) in [6, 6.07) is -0.135. The van der Waals surface area contributed by atoms with Crippen molar-refractivity contribution in [3.05, 3.63) is 11.7 Å². The highest BCUT2D eigenvalue weighted by molar-refractivity contribution is 5.68. The molecular weight excluding hydrogens is 258 g/mol. The maximum atomic E-state index is 12.1. The minimum Gasteiger partial charge on any atom is -0.449 e. The molecule has 2 heterocycles. The van der Waals surface area contributed by atoms with Crippen LogP contribution in [0.15, 0.2) is 4.52 Å². The fourth-order valence-electron chi connectivity index (χ4n) is 2.25. The second kappa shape index (κ2) is 6.72.